The lowest BCUT2D eigenvalue weighted by atomic mass is 10.1. The van der Waals surface area contributed by atoms with Crippen LogP contribution in [0.2, 0.25) is 0 Å². The molecule has 0 radical (unpaired) electrons. The third-order valence-corrected chi connectivity index (χ3v) is 5.32. The van der Waals surface area contributed by atoms with Gasteiger partial charge in [-0.1, -0.05) is 44.2 Å². The Hall–Kier alpha value is -2.07. The summed E-state index contributed by atoms with van der Waals surface area (Å²) in [6.45, 7) is 6.38. The molecular weight excluding hydrogens is 330 g/mol. The standard InChI is InChI=1S/C21H25NO2S/c1-4-16(3)25-18-10-11-19(15(2)14-18)22-21(24)13-12-20(23)17-8-6-5-7-9-17/h5-11,14,16H,4,12-13H2,1-3H3,(H,22,24). The number of anilines is 1. The highest BCUT2D eigenvalue weighted by atomic mass is 32.2. The number of aryl methyl sites for hydroxylation is 1. The Morgan fingerprint density at radius 1 is 1.08 bits per heavy atom. The zero-order valence-corrected chi connectivity index (χ0v) is 15.9. The molecule has 0 heterocycles. The molecule has 0 aromatic heterocycles. The molecule has 0 aliphatic heterocycles. The van der Waals surface area contributed by atoms with E-state index in [1.54, 1.807) is 12.1 Å². The summed E-state index contributed by atoms with van der Waals surface area (Å²) in [6.07, 6.45) is 1.53. The molecule has 0 fully saturated rings. The van der Waals surface area contributed by atoms with Gasteiger partial charge in [0.05, 0.1) is 0 Å². The van der Waals surface area contributed by atoms with E-state index in [0.717, 1.165) is 17.7 Å². The summed E-state index contributed by atoms with van der Waals surface area (Å²) in [5.74, 6) is -0.137. The molecule has 2 aromatic carbocycles. The molecule has 2 rings (SSSR count). The maximum atomic E-state index is 12.1. The highest BCUT2D eigenvalue weighted by molar-refractivity contribution is 7.99. The number of ketones is 1. The Bertz CT molecular complexity index is 728. The Morgan fingerprint density at radius 3 is 2.44 bits per heavy atom. The Labute approximate surface area is 154 Å². The maximum absolute atomic E-state index is 12.1. The molecular formula is C21H25NO2S. The summed E-state index contributed by atoms with van der Waals surface area (Å²) in [7, 11) is 0. The van der Waals surface area contributed by atoms with Crippen LogP contribution in [0.1, 0.15) is 49.0 Å². The molecule has 0 spiro atoms. The molecule has 1 amide bonds. The Balaban J connectivity index is 1.89. The van der Waals surface area contributed by atoms with E-state index < -0.39 is 0 Å². The van der Waals surface area contributed by atoms with Crippen molar-refractivity contribution in [3.63, 3.8) is 0 Å². The summed E-state index contributed by atoms with van der Waals surface area (Å²) in [6, 6.07) is 15.2. The van der Waals surface area contributed by atoms with Gasteiger partial charge in [0.25, 0.3) is 0 Å². The van der Waals surface area contributed by atoms with Gasteiger partial charge in [-0.15, -0.1) is 11.8 Å². The molecule has 4 heteroatoms. The van der Waals surface area contributed by atoms with Crippen LogP contribution in [0.25, 0.3) is 0 Å². The molecule has 0 aliphatic rings. The summed E-state index contributed by atoms with van der Waals surface area (Å²) in [5.41, 5.74) is 2.50. The van der Waals surface area contributed by atoms with Gasteiger partial charge < -0.3 is 5.32 Å². The molecule has 0 bridgehead atoms. The molecule has 0 aliphatic carbocycles. The first kappa shape index (κ1) is 19.3. The van der Waals surface area contributed by atoms with Crippen LogP contribution < -0.4 is 5.32 Å². The van der Waals surface area contributed by atoms with Crippen molar-refractivity contribution in [1.82, 2.24) is 0 Å². The molecule has 3 nitrogen and oxygen atoms in total. The third kappa shape index (κ3) is 6.05. The van der Waals surface area contributed by atoms with Crippen molar-refractivity contribution < 1.29 is 9.59 Å². The van der Waals surface area contributed by atoms with Crippen molar-refractivity contribution >= 4 is 29.1 Å². The highest BCUT2D eigenvalue weighted by Gasteiger charge is 2.11. The summed E-state index contributed by atoms with van der Waals surface area (Å²) in [4.78, 5) is 25.4. The molecule has 1 N–H and O–H groups in total. The predicted molar refractivity (Wildman–Crippen MR) is 105 cm³/mol. The minimum Gasteiger partial charge on any atom is -0.326 e. The van der Waals surface area contributed by atoms with Crippen molar-refractivity contribution in [2.75, 3.05) is 5.32 Å². The van der Waals surface area contributed by atoms with Gasteiger partial charge in [-0.2, -0.15) is 0 Å². The lowest BCUT2D eigenvalue weighted by Gasteiger charge is -2.12. The summed E-state index contributed by atoms with van der Waals surface area (Å²) in [5, 5.41) is 3.48. The quantitative estimate of drug-likeness (QED) is 0.503. The first-order chi connectivity index (χ1) is 12.0. The smallest absolute Gasteiger partial charge is 0.224 e. The lowest BCUT2D eigenvalue weighted by molar-refractivity contribution is -0.116. The van der Waals surface area contributed by atoms with Gasteiger partial charge in [0.2, 0.25) is 5.91 Å². The number of Topliss-reactive ketones (excluding diaryl/α,β-unsaturated/α-hetero) is 1. The van der Waals surface area contributed by atoms with Gasteiger partial charge in [-0.05, 0) is 37.1 Å². The van der Waals surface area contributed by atoms with E-state index in [9.17, 15) is 9.59 Å². The summed E-state index contributed by atoms with van der Waals surface area (Å²) >= 11 is 1.84. The van der Waals surface area contributed by atoms with Crippen LogP contribution in [0.5, 0.6) is 0 Å². The zero-order valence-electron chi connectivity index (χ0n) is 15.0. The molecule has 0 saturated heterocycles. The molecule has 2 aromatic rings. The minimum absolute atomic E-state index is 0.00669. The number of hydrogen-bond donors (Lipinski definition) is 1. The van der Waals surface area contributed by atoms with Crippen LogP contribution in [-0.2, 0) is 4.79 Å². The number of benzene rings is 2. The number of thioether (sulfide) groups is 1. The second-order valence-corrected chi connectivity index (χ2v) is 7.66. The van der Waals surface area contributed by atoms with Crippen LogP contribution >= 0.6 is 11.8 Å². The van der Waals surface area contributed by atoms with Gasteiger partial charge in [-0.3, -0.25) is 9.59 Å². The van der Waals surface area contributed by atoms with E-state index in [2.05, 4.69) is 25.2 Å². The average molecular weight is 356 g/mol. The number of carbonyl (C=O) groups excluding carboxylic acids is 2. The monoisotopic (exact) mass is 355 g/mol. The maximum Gasteiger partial charge on any atom is 0.224 e. The lowest BCUT2D eigenvalue weighted by Crippen LogP contribution is -2.14. The van der Waals surface area contributed by atoms with Crippen LogP contribution in [0, 0.1) is 6.92 Å². The van der Waals surface area contributed by atoms with Crippen molar-refractivity contribution in [2.24, 2.45) is 0 Å². The van der Waals surface area contributed by atoms with Gasteiger partial charge in [0.1, 0.15) is 0 Å². The molecule has 0 saturated carbocycles. The molecule has 1 atom stereocenters. The fourth-order valence-electron chi connectivity index (χ4n) is 2.37. The largest absolute Gasteiger partial charge is 0.326 e. The van der Waals surface area contributed by atoms with Crippen molar-refractivity contribution in [2.45, 2.75) is 50.2 Å². The SMILES string of the molecule is CCC(C)Sc1ccc(NC(=O)CCC(=O)c2ccccc2)c(C)c1. The average Bonchev–Trinajstić information content (AvgIpc) is 2.62. The van der Waals surface area contributed by atoms with Crippen LogP contribution in [0.3, 0.4) is 0 Å². The van der Waals surface area contributed by atoms with Gasteiger partial charge in [0.15, 0.2) is 5.78 Å². The van der Waals surface area contributed by atoms with Crippen molar-refractivity contribution in [3.8, 4) is 0 Å². The van der Waals surface area contributed by atoms with Gasteiger partial charge >= 0.3 is 0 Å². The van der Waals surface area contributed by atoms with E-state index in [-0.39, 0.29) is 24.5 Å². The van der Waals surface area contributed by atoms with Crippen molar-refractivity contribution in [3.05, 3.63) is 59.7 Å². The fourth-order valence-corrected chi connectivity index (χ4v) is 3.40. The topological polar surface area (TPSA) is 46.2 Å². The first-order valence-electron chi connectivity index (χ1n) is 8.65. The number of carbonyl (C=O) groups is 2. The number of hydrogen-bond acceptors (Lipinski definition) is 3. The van der Waals surface area contributed by atoms with Crippen molar-refractivity contribution in [1.29, 1.82) is 0 Å². The van der Waals surface area contributed by atoms with Gasteiger partial charge in [0, 0.05) is 34.2 Å². The van der Waals surface area contributed by atoms with E-state index in [0.29, 0.717) is 10.8 Å². The molecule has 132 valence electrons. The second-order valence-electron chi connectivity index (χ2n) is 6.15. The highest BCUT2D eigenvalue weighted by Crippen LogP contribution is 2.28. The number of amides is 1. The first-order valence-corrected chi connectivity index (χ1v) is 9.53. The van der Waals surface area contributed by atoms with E-state index in [4.69, 9.17) is 0 Å². The minimum atomic E-state index is -0.130. The number of rotatable bonds is 8. The third-order valence-electron chi connectivity index (χ3n) is 4.06. The second kappa shape index (κ2) is 9.42. The van der Waals surface area contributed by atoms with Crippen LogP contribution in [-0.4, -0.2) is 16.9 Å². The molecule has 1 unspecified atom stereocenters. The Kier molecular flexibility index (Phi) is 7.26. The Morgan fingerprint density at radius 2 is 1.80 bits per heavy atom. The fraction of sp³-hybridized carbons (Fsp3) is 0.333. The van der Waals surface area contributed by atoms with E-state index >= 15 is 0 Å². The number of nitrogens with one attached hydrogen (secondary N) is 1. The summed E-state index contributed by atoms with van der Waals surface area (Å²) < 4.78 is 0. The predicted octanol–water partition coefficient (Wildman–Crippen LogP) is 5.49. The molecule has 25 heavy (non-hydrogen) atoms. The normalized spacial score (nSPS) is 11.8. The van der Waals surface area contributed by atoms with E-state index in [1.807, 2.05) is 49.0 Å². The van der Waals surface area contributed by atoms with Gasteiger partial charge in [-0.25, -0.2) is 0 Å². The van der Waals surface area contributed by atoms with Crippen LogP contribution in [0.15, 0.2) is 53.4 Å². The van der Waals surface area contributed by atoms with Crippen LogP contribution in [0.4, 0.5) is 5.69 Å². The zero-order chi connectivity index (χ0) is 18.2. The van der Waals surface area contributed by atoms with E-state index in [1.165, 1.54) is 4.90 Å².